The molecule has 0 atom stereocenters. The van der Waals surface area contributed by atoms with Crippen LogP contribution in [0.15, 0.2) is 45.3 Å². The maximum Gasteiger partial charge on any atom is 0.233 e. The Morgan fingerprint density at radius 1 is 1.25 bits per heavy atom. The van der Waals surface area contributed by atoms with Gasteiger partial charge in [0.05, 0.1) is 5.02 Å². The molecule has 0 aliphatic heterocycles. The van der Waals surface area contributed by atoms with Crippen molar-refractivity contribution in [3.8, 4) is 5.75 Å². The van der Waals surface area contributed by atoms with Crippen LogP contribution in [0.3, 0.4) is 0 Å². The lowest BCUT2D eigenvalue weighted by atomic mass is 10.3. The second kappa shape index (κ2) is 5.34. The first-order valence-electron chi connectivity index (χ1n) is 5.84. The van der Waals surface area contributed by atoms with Gasteiger partial charge in [-0.25, -0.2) is 4.98 Å². The molecule has 3 rings (SSSR count). The second-order valence-corrected chi connectivity index (χ2v) is 5.52. The highest BCUT2D eigenvalue weighted by Gasteiger charge is 2.08. The normalized spacial score (nSPS) is 10.9. The van der Waals surface area contributed by atoms with Gasteiger partial charge in [0.2, 0.25) is 5.89 Å². The highest BCUT2D eigenvalue weighted by molar-refractivity contribution is 9.10. The molecule has 0 radical (unpaired) electrons. The summed E-state index contributed by atoms with van der Waals surface area (Å²) in [5.41, 5.74) is 7.72. The number of hydrogen-bond acceptors (Lipinski definition) is 4. The van der Waals surface area contributed by atoms with Crippen molar-refractivity contribution in [2.75, 3.05) is 5.73 Å². The summed E-state index contributed by atoms with van der Waals surface area (Å²) in [5, 5.41) is 0.536. The fraction of sp³-hybridized carbons (Fsp3) is 0.0714. The summed E-state index contributed by atoms with van der Waals surface area (Å²) in [4.78, 5) is 4.32. The zero-order valence-corrected chi connectivity index (χ0v) is 12.6. The van der Waals surface area contributed by atoms with Gasteiger partial charge in [0.25, 0.3) is 0 Å². The van der Waals surface area contributed by atoms with Crippen LogP contribution in [-0.2, 0) is 6.61 Å². The molecule has 2 aromatic carbocycles. The van der Waals surface area contributed by atoms with Gasteiger partial charge in [-0.05, 0) is 30.3 Å². The van der Waals surface area contributed by atoms with Crippen molar-refractivity contribution in [2.24, 2.45) is 0 Å². The highest BCUT2D eigenvalue weighted by atomic mass is 79.9. The van der Waals surface area contributed by atoms with Gasteiger partial charge in [-0.15, -0.1) is 0 Å². The van der Waals surface area contributed by atoms with Gasteiger partial charge in [-0.3, -0.25) is 0 Å². The summed E-state index contributed by atoms with van der Waals surface area (Å²) < 4.78 is 12.1. The van der Waals surface area contributed by atoms with Crippen LogP contribution in [0.1, 0.15) is 5.89 Å². The standard InChI is InChI=1S/C14H10BrClN2O2/c15-8-1-3-10(16)12(5-8)19-7-14-18-11-4-2-9(17)6-13(11)20-14/h1-6H,7,17H2. The Hall–Kier alpha value is -1.72. The van der Waals surface area contributed by atoms with E-state index in [2.05, 4.69) is 20.9 Å². The summed E-state index contributed by atoms with van der Waals surface area (Å²) in [6.07, 6.45) is 0. The van der Waals surface area contributed by atoms with Crippen LogP contribution >= 0.6 is 27.5 Å². The maximum absolute atomic E-state index is 6.05. The van der Waals surface area contributed by atoms with Crippen molar-refractivity contribution in [3.63, 3.8) is 0 Å². The molecule has 0 spiro atoms. The summed E-state index contributed by atoms with van der Waals surface area (Å²) in [6.45, 7) is 0.199. The lowest BCUT2D eigenvalue weighted by Gasteiger charge is -2.05. The number of rotatable bonds is 3. The number of ether oxygens (including phenoxy) is 1. The number of fused-ring (bicyclic) bond motifs is 1. The first-order chi connectivity index (χ1) is 9.61. The molecule has 6 heteroatoms. The van der Waals surface area contributed by atoms with E-state index in [9.17, 15) is 0 Å². The summed E-state index contributed by atoms with van der Waals surface area (Å²) in [5.74, 6) is 1.05. The second-order valence-electron chi connectivity index (χ2n) is 4.20. The predicted molar refractivity (Wildman–Crippen MR) is 81.9 cm³/mol. The lowest BCUT2D eigenvalue weighted by molar-refractivity contribution is 0.267. The Labute approximate surface area is 128 Å². The van der Waals surface area contributed by atoms with Crippen LogP contribution in [-0.4, -0.2) is 4.98 Å². The number of nitrogens with zero attached hydrogens (tertiary/aromatic N) is 1. The molecule has 0 saturated carbocycles. The van der Waals surface area contributed by atoms with E-state index in [0.29, 0.717) is 27.9 Å². The van der Waals surface area contributed by atoms with Gasteiger partial charge in [0.1, 0.15) is 11.3 Å². The Morgan fingerprint density at radius 3 is 2.95 bits per heavy atom. The molecule has 0 amide bonds. The highest BCUT2D eigenvalue weighted by Crippen LogP contribution is 2.29. The van der Waals surface area contributed by atoms with E-state index < -0.39 is 0 Å². The Bertz CT molecular complexity index is 773. The average Bonchev–Trinajstić information content (AvgIpc) is 2.81. The zero-order valence-electron chi connectivity index (χ0n) is 10.3. The number of halogens is 2. The fourth-order valence-corrected chi connectivity index (χ4v) is 2.29. The minimum atomic E-state index is 0.199. The van der Waals surface area contributed by atoms with Crippen LogP contribution in [0, 0.1) is 0 Å². The van der Waals surface area contributed by atoms with Crippen LogP contribution in [0.5, 0.6) is 5.75 Å². The Balaban J connectivity index is 1.81. The van der Waals surface area contributed by atoms with Crippen molar-refractivity contribution in [1.29, 1.82) is 0 Å². The quantitative estimate of drug-likeness (QED) is 0.709. The van der Waals surface area contributed by atoms with Crippen molar-refractivity contribution >= 4 is 44.3 Å². The molecular weight excluding hydrogens is 344 g/mol. The molecule has 1 aromatic heterocycles. The fourth-order valence-electron chi connectivity index (χ4n) is 1.78. The molecule has 0 fully saturated rings. The number of hydrogen-bond donors (Lipinski definition) is 1. The van der Waals surface area contributed by atoms with E-state index in [-0.39, 0.29) is 6.61 Å². The van der Waals surface area contributed by atoms with Crippen LogP contribution in [0.4, 0.5) is 5.69 Å². The van der Waals surface area contributed by atoms with E-state index in [1.54, 1.807) is 24.3 Å². The minimum Gasteiger partial charge on any atom is -0.482 e. The third-order valence-electron chi connectivity index (χ3n) is 2.70. The molecule has 102 valence electrons. The van der Waals surface area contributed by atoms with Gasteiger partial charge in [0, 0.05) is 16.2 Å². The molecule has 0 saturated heterocycles. The predicted octanol–water partition coefficient (Wildman–Crippen LogP) is 4.40. The maximum atomic E-state index is 6.05. The van der Waals surface area contributed by atoms with E-state index in [1.807, 2.05) is 12.1 Å². The molecule has 20 heavy (non-hydrogen) atoms. The smallest absolute Gasteiger partial charge is 0.233 e. The van der Waals surface area contributed by atoms with E-state index in [1.165, 1.54) is 0 Å². The topological polar surface area (TPSA) is 61.3 Å². The van der Waals surface area contributed by atoms with E-state index in [4.69, 9.17) is 26.5 Å². The molecule has 1 heterocycles. The third kappa shape index (κ3) is 2.73. The molecule has 0 bridgehead atoms. The number of oxazole rings is 1. The van der Waals surface area contributed by atoms with Crippen LogP contribution in [0.2, 0.25) is 5.02 Å². The Kier molecular flexibility index (Phi) is 3.54. The van der Waals surface area contributed by atoms with Gasteiger partial charge >= 0.3 is 0 Å². The van der Waals surface area contributed by atoms with Crippen LogP contribution in [0.25, 0.3) is 11.1 Å². The van der Waals surface area contributed by atoms with E-state index in [0.717, 1.165) is 9.99 Å². The van der Waals surface area contributed by atoms with Crippen molar-refractivity contribution in [3.05, 3.63) is 51.8 Å². The van der Waals surface area contributed by atoms with Gasteiger partial charge in [-0.2, -0.15) is 0 Å². The molecule has 2 N–H and O–H groups in total. The Morgan fingerprint density at radius 2 is 2.10 bits per heavy atom. The summed E-state index contributed by atoms with van der Waals surface area (Å²) >= 11 is 9.42. The largest absolute Gasteiger partial charge is 0.482 e. The molecular formula is C14H10BrClN2O2. The molecule has 0 unspecified atom stereocenters. The average molecular weight is 354 g/mol. The number of benzene rings is 2. The number of anilines is 1. The number of nitrogen functional groups attached to an aromatic ring is 1. The number of aromatic nitrogens is 1. The molecule has 0 aliphatic rings. The van der Waals surface area contributed by atoms with Gasteiger partial charge < -0.3 is 14.9 Å². The molecule has 0 aliphatic carbocycles. The van der Waals surface area contributed by atoms with Crippen molar-refractivity contribution < 1.29 is 9.15 Å². The van der Waals surface area contributed by atoms with Crippen LogP contribution < -0.4 is 10.5 Å². The monoisotopic (exact) mass is 352 g/mol. The van der Waals surface area contributed by atoms with Gasteiger partial charge in [0.15, 0.2) is 12.2 Å². The van der Waals surface area contributed by atoms with Gasteiger partial charge in [-0.1, -0.05) is 27.5 Å². The van der Waals surface area contributed by atoms with Crippen molar-refractivity contribution in [2.45, 2.75) is 6.61 Å². The summed E-state index contributed by atoms with van der Waals surface area (Å²) in [7, 11) is 0. The SMILES string of the molecule is Nc1ccc2nc(COc3cc(Br)ccc3Cl)oc2c1. The van der Waals surface area contributed by atoms with E-state index >= 15 is 0 Å². The van der Waals surface area contributed by atoms with Crippen molar-refractivity contribution in [1.82, 2.24) is 4.98 Å². The third-order valence-corrected chi connectivity index (χ3v) is 3.51. The molecule has 4 nitrogen and oxygen atoms in total. The summed E-state index contributed by atoms with van der Waals surface area (Å²) in [6, 6.07) is 10.7. The molecule has 3 aromatic rings. The minimum absolute atomic E-state index is 0.199. The zero-order chi connectivity index (χ0) is 14.1. The lowest BCUT2D eigenvalue weighted by Crippen LogP contribution is -1.96. The number of nitrogens with two attached hydrogens (primary N) is 1. The first kappa shape index (κ1) is 13.3. The first-order valence-corrected chi connectivity index (χ1v) is 7.02.